The van der Waals surface area contributed by atoms with E-state index in [1.807, 2.05) is 62.6 Å². The van der Waals surface area contributed by atoms with Gasteiger partial charge in [-0.15, -0.1) is 0 Å². The van der Waals surface area contributed by atoms with E-state index >= 15 is 0 Å². The molecule has 1 N–H and O–H groups in total. The molecule has 0 unspecified atom stereocenters. The van der Waals surface area contributed by atoms with Crippen LogP contribution in [-0.2, 0) is 0 Å². The molecule has 1 heterocycles. The Kier molecular flexibility index (Phi) is 6.66. The first-order valence-electron chi connectivity index (χ1n) is 8.66. The zero-order valence-corrected chi connectivity index (χ0v) is 16.8. The second-order valence-electron chi connectivity index (χ2n) is 6.31. The molecule has 5 nitrogen and oxygen atoms in total. The summed E-state index contributed by atoms with van der Waals surface area (Å²) in [4.78, 5) is 24.9. The molecule has 0 saturated heterocycles. The van der Waals surface area contributed by atoms with Gasteiger partial charge in [-0.3, -0.25) is 4.79 Å². The SMILES string of the molecule is CN(C)CCCNC(=O)c1nc2ccccc2nc1Sc1ccccc1Cl. The van der Waals surface area contributed by atoms with Crippen LogP contribution in [-0.4, -0.2) is 48.0 Å². The molecule has 0 aliphatic heterocycles. The molecule has 7 heteroatoms. The average molecular weight is 401 g/mol. The van der Waals surface area contributed by atoms with Crippen LogP contribution in [0.3, 0.4) is 0 Å². The molecule has 0 spiro atoms. The lowest BCUT2D eigenvalue weighted by molar-refractivity contribution is 0.0943. The standard InChI is InChI=1S/C20H21ClN4OS/c1-25(2)13-7-12-22-19(26)18-20(27-17-11-6-3-8-14(17)21)24-16-10-5-4-9-15(16)23-18/h3-6,8-11H,7,12-13H2,1-2H3,(H,22,26). The number of carbonyl (C=O) groups excluding carboxylic acids is 1. The molecular formula is C20H21ClN4OS. The minimum atomic E-state index is -0.221. The van der Waals surface area contributed by atoms with E-state index in [-0.39, 0.29) is 5.91 Å². The van der Waals surface area contributed by atoms with Gasteiger partial charge in [0, 0.05) is 11.4 Å². The lowest BCUT2D eigenvalue weighted by Gasteiger charge is -2.12. The third-order valence-corrected chi connectivity index (χ3v) is 5.36. The van der Waals surface area contributed by atoms with Crippen molar-refractivity contribution in [1.29, 1.82) is 0 Å². The van der Waals surface area contributed by atoms with Crippen LogP contribution >= 0.6 is 23.4 Å². The van der Waals surface area contributed by atoms with Crippen molar-refractivity contribution in [3.05, 3.63) is 59.2 Å². The summed E-state index contributed by atoms with van der Waals surface area (Å²) in [6, 6.07) is 15.0. The van der Waals surface area contributed by atoms with E-state index in [9.17, 15) is 4.79 Å². The number of amides is 1. The number of hydrogen-bond acceptors (Lipinski definition) is 5. The Morgan fingerprint density at radius 3 is 2.44 bits per heavy atom. The fraction of sp³-hybridized carbons (Fsp3) is 0.250. The van der Waals surface area contributed by atoms with Crippen LogP contribution in [0.15, 0.2) is 58.5 Å². The molecule has 1 aromatic heterocycles. The first-order valence-corrected chi connectivity index (χ1v) is 9.86. The quantitative estimate of drug-likeness (QED) is 0.604. The van der Waals surface area contributed by atoms with E-state index in [4.69, 9.17) is 11.6 Å². The number of para-hydroxylation sites is 2. The van der Waals surface area contributed by atoms with Crippen LogP contribution in [0.2, 0.25) is 5.02 Å². The largest absolute Gasteiger partial charge is 0.351 e. The lowest BCUT2D eigenvalue weighted by Crippen LogP contribution is -2.28. The minimum Gasteiger partial charge on any atom is -0.351 e. The topological polar surface area (TPSA) is 58.1 Å². The average Bonchev–Trinajstić information content (AvgIpc) is 2.66. The molecule has 0 radical (unpaired) electrons. The van der Waals surface area contributed by atoms with Crippen LogP contribution in [0.1, 0.15) is 16.9 Å². The smallest absolute Gasteiger partial charge is 0.272 e. The van der Waals surface area contributed by atoms with E-state index in [2.05, 4.69) is 20.2 Å². The Morgan fingerprint density at radius 1 is 1.07 bits per heavy atom. The summed E-state index contributed by atoms with van der Waals surface area (Å²) in [6.45, 7) is 1.49. The monoisotopic (exact) mass is 400 g/mol. The number of carbonyl (C=O) groups is 1. The van der Waals surface area contributed by atoms with E-state index in [1.54, 1.807) is 0 Å². The van der Waals surface area contributed by atoms with Crippen LogP contribution in [0.5, 0.6) is 0 Å². The molecule has 27 heavy (non-hydrogen) atoms. The summed E-state index contributed by atoms with van der Waals surface area (Å²) < 4.78 is 0. The molecule has 3 rings (SSSR count). The maximum atomic E-state index is 12.8. The van der Waals surface area contributed by atoms with E-state index in [1.165, 1.54) is 11.8 Å². The molecule has 2 aromatic carbocycles. The van der Waals surface area contributed by atoms with Crippen molar-refractivity contribution >= 4 is 40.3 Å². The van der Waals surface area contributed by atoms with Crippen molar-refractivity contribution in [3.63, 3.8) is 0 Å². The highest BCUT2D eigenvalue weighted by molar-refractivity contribution is 7.99. The van der Waals surface area contributed by atoms with Crippen molar-refractivity contribution < 1.29 is 4.79 Å². The summed E-state index contributed by atoms with van der Waals surface area (Å²) in [5.74, 6) is -0.221. The molecule has 3 aromatic rings. The zero-order chi connectivity index (χ0) is 19.2. The molecular weight excluding hydrogens is 380 g/mol. The Hall–Kier alpha value is -2.15. The Morgan fingerprint density at radius 2 is 1.74 bits per heavy atom. The predicted molar refractivity (Wildman–Crippen MR) is 111 cm³/mol. The van der Waals surface area contributed by atoms with Gasteiger partial charge in [0.25, 0.3) is 5.91 Å². The Balaban J connectivity index is 1.89. The highest BCUT2D eigenvalue weighted by Gasteiger charge is 2.18. The van der Waals surface area contributed by atoms with Gasteiger partial charge in [-0.1, -0.05) is 47.6 Å². The van der Waals surface area contributed by atoms with Crippen molar-refractivity contribution in [2.24, 2.45) is 0 Å². The van der Waals surface area contributed by atoms with Crippen molar-refractivity contribution in [2.75, 3.05) is 27.2 Å². The summed E-state index contributed by atoms with van der Waals surface area (Å²) in [6.07, 6.45) is 0.868. The normalized spacial score (nSPS) is 11.1. The third-order valence-electron chi connectivity index (χ3n) is 3.86. The second-order valence-corrected chi connectivity index (χ2v) is 7.75. The second kappa shape index (κ2) is 9.17. The van der Waals surface area contributed by atoms with Gasteiger partial charge in [0.2, 0.25) is 0 Å². The summed E-state index contributed by atoms with van der Waals surface area (Å²) >= 11 is 7.64. The van der Waals surface area contributed by atoms with Crippen LogP contribution in [0, 0.1) is 0 Å². The fourth-order valence-electron chi connectivity index (χ4n) is 2.52. The predicted octanol–water partition coefficient (Wildman–Crippen LogP) is 4.12. The van der Waals surface area contributed by atoms with Gasteiger partial charge >= 0.3 is 0 Å². The van der Waals surface area contributed by atoms with Gasteiger partial charge in [0.05, 0.1) is 16.1 Å². The number of fused-ring (bicyclic) bond motifs is 1. The maximum absolute atomic E-state index is 12.8. The molecule has 0 aliphatic rings. The van der Waals surface area contributed by atoms with Gasteiger partial charge in [-0.25, -0.2) is 9.97 Å². The number of rotatable bonds is 7. The van der Waals surface area contributed by atoms with Crippen molar-refractivity contribution in [1.82, 2.24) is 20.2 Å². The maximum Gasteiger partial charge on any atom is 0.272 e. The third kappa shape index (κ3) is 5.19. The highest BCUT2D eigenvalue weighted by atomic mass is 35.5. The number of nitrogens with one attached hydrogen (secondary N) is 1. The summed E-state index contributed by atoms with van der Waals surface area (Å²) in [5.41, 5.74) is 1.76. The summed E-state index contributed by atoms with van der Waals surface area (Å²) in [7, 11) is 4.02. The van der Waals surface area contributed by atoms with Crippen LogP contribution in [0.4, 0.5) is 0 Å². The number of nitrogens with zero attached hydrogens (tertiary/aromatic N) is 3. The van der Waals surface area contributed by atoms with Gasteiger partial charge in [0.15, 0.2) is 5.69 Å². The first-order chi connectivity index (χ1) is 13.0. The Bertz CT molecular complexity index is 948. The van der Waals surface area contributed by atoms with Crippen molar-refractivity contribution in [2.45, 2.75) is 16.3 Å². The first kappa shape index (κ1) is 19.6. The zero-order valence-electron chi connectivity index (χ0n) is 15.3. The number of hydrogen-bond donors (Lipinski definition) is 1. The number of aromatic nitrogens is 2. The molecule has 0 fully saturated rings. The number of benzene rings is 2. The summed E-state index contributed by atoms with van der Waals surface area (Å²) in [5, 5.41) is 4.11. The number of halogens is 1. The van der Waals surface area contributed by atoms with Crippen LogP contribution < -0.4 is 5.32 Å². The molecule has 0 saturated carbocycles. The Labute approximate surface area is 168 Å². The molecule has 0 aliphatic carbocycles. The van der Waals surface area contributed by atoms with E-state index < -0.39 is 0 Å². The molecule has 0 bridgehead atoms. The van der Waals surface area contributed by atoms with E-state index in [0.717, 1.165) is 23.4 Å². The minimum absolute atomic E-state index is 0.221. The van der Waals surface area contributed by atoms with Gasteiger partial charge in [-0.05, 0) is 51.3 Å². The van der Waals surface area contributed by atoms with Crippen LogP contribution in [0.25, 0.3) is 11.0 Å². The molecule has 0 atom stereocenters. The van der Waals surface area contributed by atoms with E-state index in [0.29, 0.717) is 27.8 Å². The fourth-order valence-corrected chi connectivity index (χ4v) is 3.67. The van der Waals surface area contributed by atoms with Crippen molar-refractivity contribution in [3.8, 4) is 0 Å². The van der Waals surface area contributed by atoms with Gasteiger partial charge < -0.3 is 10.2 Å². The molecule has 1 amide bonds. The lowest BCUT2D eigenvalue weighted by atomic mass is 10.3. The molecule has 140 valence electrons. The van der Waals surface area contributed by atoms with Gasteiger partial charge in [-0.2, -0.15) is 0 Å². The van der Waals surface area contributed by atoms with Gasteiger partial charge in [0.1, 0.15) is 5.03 Å². The highest BCUT2D eigenvalue weighted by Crippen LogP contribution is 2.34.